The van der Waals surface area contributed by atoms with Crippen LogP contribution in [0.1, 0.15) is 40.3 Å². The van der Waals surface area contributed by atoms with E-state index in [-0.39, 0.29) is 18.5 Å². The van der Waals surface area contributed by atoms with Gasteiger partial charge >= 0.3 is 5.97 Å². The minimum Gasteiger partial charge on any atom is -0.460 e. The Kier molecular flexibility index (Phi) is 5.05. The third-order valence-electron chi connectivity index (χ3n) is 5.61. The summed E-state index contributed by atoms with van der Waals surface area (Å²) < 4.78 is 10.7. The molecule has 4 rings (SSSR count). The normalized spacial score (nSPS) is 15.4. The van der Waals surface area contributed by atoms with E-state index in [1.165, 1.54) is 10.4 Å². The lowest BCUT2D eigenvalue weighted by atomic mass is 9.96. The highest BCUT2D eigenvalue weighted by Crippen LogP contribution is 2.35. The van der Waals surface area contributed by atoms with Crippen LogP contribution in [0.25, 0.3) is 10.2 Å². The van der Waals surface area contributed by atoms with Gasteiger partial charge in [-0.15, -0.1) is 11.3 Å². The van der Waals surface area contributed by atoms with Crippen LogP contribution in [-0.2, 0) is 16.1 Å². The molecule has 3 aromatic rings. The Morgan fingerprint density at radius 1 is 1.25 bits per heavy atom. The van der Waals surface area contributed by atoms with E-state index in [0.717, 1.165) is 53.2 Å². The highest BCUT2D eigenvalue weighted by molar-refractivity contribution is 7.18. The third-order valence-corrected chi connectivity index (χ3v) is 6.73. The summed E-state index contributed by atoms with van der Waals surface area (Å²) in [6.45, 7) is 9.72. The van der Waals surface area contributed by atoms with Gasteiger partial charge in [0.1, 0.15) is 29.3 Å². The van der Waals surface area contributed by atoms with Gasteiger partial charge in [-0.3, -0.25) is 4.79 Å². The summed E-state index contributed by atoms with van der Waals surface area (Å²) in [5.74, 6) is 1.46. The zero-order chi connectivity index (χ0) is 19.8. The third kappa shape index (κ3) is 3.37. The smallest absolute Gasteiger partial charge is 0.309 e. The maximum atomic E-state index is 12.5. The highest BCUT2D eigenvalue weighted by Gasteiger charge is 2.28. The predicted octanol–water partition coefficient (Wildman–Crippen LogP) is 3.87. The van der Waals surface area contributed by atoms with E-state index in [1.54, 1.807) is 17.7 Å². The highest BCUT2D eigenvalue weighted by atomic mass is 32.1. The number of nitrogens with zero attached hydrogens (tertiary/aromatic N) is 4. The molecule has 0 bridgehead atoms. The van der Waals surface area contributed by atoms with Crippen LogP contribution in [0.15, 0.2) is 10.9 Å². The van der Waals surface area contributed by atoms with Gasteiger partial charge < -0.3 is 14.2 Å². The Hall–Kier alpha value is -2.48. The van der Waals surface area contributed by atoms with Crippen molar-refractivity contribution in [3.05, 3.63) is 33.8 Å². The second-order valence-electron chi connectivity index (χ2n) is 7.33. The van der Waals surface area contributed by atoms with Gasteiger partial charge in [0.05, 0.1) is 22.6 Å². The topological polar surface area (TPSA) is 81.4 Å². The van der Waals surface area contributed by atoms with Crippen molar-refractivity contribution in [1.82, 2.24) is 15.1 Å². The van der Waals surface area contributed by atoms with Crippen molar-refractivity contribution in [3.8, 4) is 0 Å². The van der Waals surface area contributed by atoms with Gasteiger partial charge in [0.15, 0.2) is 0 Å². The lowest BCUT2D eigenvalue weighted by Crippen LogP contribution is -2.37. The molecule has 8 heteroatoms. The van der Waals surface area contributed by atoms with Crippen LogP contribution in [0.3, 0.4) is 0 Å². The number of carbonyl (C=O) groups excluding carboxylic acids is 1. The Morgan fingerprint density at radius 2 is 2.00 bits per heavy atom. The van der Waals surface area contributed by atoms with Crippen molar-refractivity contribution >= 4 is 33.3 Å². The Morgan fingerprint density at radius 3 is 2.68 bits per heavy atom. The summed E-state index contributed by atoms with van der Waals surface area (Å²) in [4.78, 5) is 26.1. The standard InChI is InChI=1S/C20H24N4O3S/c1-11-14(4)28-19-17(11)18(21-10-22-19)24-7-5-15(6-8-24)20(25)26-9-16-12(2)23-27-13(16)3/h10,15H,5-9H2,1-4H3. The van der Waals surface area contributed by atoms with E-state index in [9.17, 15) is 4.79 Å². The molecule has 0 amide bonds. The molecule has 1 aliphatic heterocycles. The molecule has 0 aliphatic carbocycles. The van der Waals surface area contributed by atoms with Crippen LogP contribution >= 0.6 is 11.3 Å². The second kappa shape index (κ2) is 7.50. The maximum absolute atomic E-state index is 12.5. The van der Waals surface area contributed by atoms with E-state index in [2.05, 4.69) is 33.9 Å². The van der Waals surface area contributed by atoms with Crippen LogP contribution < -0.4 is 4.90 Å². The zero-order valence-electron chi connectivity index (χ0n) is 16.6. The molecule has 4 heterocycles. The summed E-state index contributed by atoms with van der Waals surface area (Å²) in [5, 5.41) is 5.04. The minimum atomic E-state index is -0.143. The number of hydrogen-bond donors (Lipinski definition) is 0. The molecule has 0 saturated carbocycles. The first kappa shape index (κ1) is 18.9. The molecule has 0 unspecified atom stereocenters. The number of aryl methyl sites for hydroxylation is 4. The molecule has 148 valence electrons. The largest absolute Gasteiger partial charge is 0.460 e. The average molecular weight is 401 g/mol. The summed E-state index contributed by atoms with van der Waals surface area (Å²) in [6.07, 6.45) is 3.15. The van der Waals surface area contributed by atoms with Gasteiger partial charge in [-0.05, 0) is 46.1 Å². The molecular formula is C20H24N4O3S. The van der Waals surface area contributed by atoms with Crippen LogP contribution in [0, 0.1) is 33.6 Å². The Balaban J connectivity index is 1.40. The molecule has 28 heavy (non-hydrogen) atoms. The SMILES string of the molecule is Cc1noc(C)c1COC(=O)C1CCN(c2ncnc3sc(C)c(C)c23)CC1. The predicted molar refractivity (Wildman–Crippen MR) is 108 cm³/mol. The summed E-state index contributed by atoms with van der Waals surface area (Å²) >= 11 is 1.71. The lowest BCUT2D eigenvalue weighted by molar-refractivity contribution is -0.150. The van der Waals surface area contributed by atoms with Gasteiger partial charge in [0.25, 0.3) is 0 Å². The molecular weight excluding hydrogens is 376 g/mol. The minimum absolute atomic E-state index is 0.0839. The molecule has 0 atom stereocenters. The second-order valence-corrected chi connectivity index (χ2v) is 8.54. The molecule has 0 N–H and O–H groups in total. The quantitative estimate of drug-likeness (QED) is 0.615. The molecule has 1 saturated heterocycles. The fourth-order valence-electron chi connectivity index (χ4n) is 3.70. The molecule has 1 fully saturated rings. The number of anilines is 1. The molecule has 0 aromatic carbocycles. The number of ether oxygens (including phenoxy) is 1. The molecule has 7 nitrogen and oxygen atoms in total. The molecule has 0 spiro atoms. The Labute approximate surface area is 167 Å². The summed E-state index contributed by atoms with van der Waals surface area (Å²) in [7, 11) is 0. The van der Waals surface area contributed by atoms with Crippen molar-refractivity contribution in [1.29, 1.82) is 0 Å². The van der Waals surface area contributed by atoms with E-state index in [4.69, 9.17) is 9.26 Å². The summed E-state index contributed by atoms with van der Waals surface area (Å²) in [5.41, 5.74) is 2.88. The van der Waals surface area contributed by atoms with Gasteiger partial charge in [-0.1, -0.05) is 5.16 Å². The van der Waals surface area contributed by atoms with Crippen molar-refractivity contribution in [2.45, 2.75) is 47.1 Å². The number of thiophene rings is 1. The van der Waals surface area contributed by atoms with Crippen LogP contribution in [0.5, 0.6) is 0 Å². The van der Waals surface area contributed by atoms with Gasteiger partial charge in [0, 0.05) is 18.0 Å². The number of aromatic nitrogens is 3. The number of hydrogen-bond acceptors (Lipinski definition) is 8. The van der Waals surface area contributed by atoms with Gasteiger partial charge in [-0.2, -0.15) is 0 Å². The lowest BCUT2D eigenvalue weighted by Gasteiger charge is -2.32. The van der Waals surface area contributed by atoms with Crippen molar-refractivity contribution < 1.29 is 14.1 Å². The molecule has 0 radical (unpaired) electrons. The van der Waals surface area contributed by atoms with Crippen molar-refractivity contribution in [2.75, 3.05) is 18.0 Å². The fraction of sp³-hybridized carbons (Fsp3) is 0.500. The van der Waals surface area contributed by atoms with E-state index < -0.39 is 0 Å². The van der Waals surface area contributed by atoms with E-state index in [1.807, 2.05) is 13.8 Å². The monoisotopic (exact) mass is 400 g/mol. The number of piperidine rings is 1. The first-order valence-electron chi connectivity index (χ1n) is 9.49. The number of fused-ring (bicyclic) bond motifs is 1. The van der Waals surface area contributed by atoms with Gasteiger partial charge in [-0.25, -0.2) is 9.97 Å². The summed E-state index contributed by atoms with van der Waals surface area (Å²) in [6, 6.07) is 0. The van der Waals surface area contributed by atoms with E-state index >= 15 is 0 Å². The van der Waals surface area contributed by atoms with Crippen molar-refractivity contribution in [3.63, 3.8) is 0 Å². The fourth-order valence-corrected chi connectivity index (χ4v) is 4.69. The van der Waals surface area contributed by atoms with E-state index in [0.29, 0.717) is 5.76 Å². The maximum Gasteiger partial charge on any atom is 0.309 e. The van der Waals surface area contributed by atoms with Crippen LogP contribution in [0.2, 0.25) is 0 Å². The van der Waals surface area contributed by atoms with Crippen LogP contribution in [0.4, 0.5) is 5.82 Å². The first-order chi connectivity index (χ1) is 13.5. The Bertz CT molecular complexity index is 999. The van der Waals surface area contributed by atoms with Gasteiger partial charge in [0.2, 0.25) is 0 Å². The number of esters is 1. The zero-order valence-corrected chi connectivity index (χ0v) is 17.4. The van der Waals surface area contributed by atoms with Crippen LogP contribution in [-0.4, -0.2) is 34.2 Å². The molecule has 1 aliphatic rings. The number of carbonyl (C=O) groups is 1. The number of rotatable bonds is 4. The first-order valence-corrected chi connectivity index (χ1v) is 10.3. The van der Waals surface area contributed by atoms with Crippen molar-refractivity contribution in [2.24, 2.45) is 5.92 Å². The molecule has 3 aromatic heterocycles. The average Bonchev–Trinajstić information content (AvgIpc) is 3.18.